The first kappa shape index (κ1) is 19.3. The molecule has 1 unspecified atom stereocenters. The van der Waals surface area contributed by atoms with Crippen molar-refractivity contribution in [1.82, 2.24) is 24.5 Å². The summed E-state index contributed by atoms with van der Waals surface area (Å²) in [5.74, 6) is -0.240. The van der Waals surface area contributed by atoms with Crippen molar-refractivity contribution >= 4 is 29.9 Å². The summed E-state index contributed by atoms with van der Waals surface area (Å²) in [7, 11) is 0. The Kier molecular flexibility index (Phi) is 5.76. The summed E-state index contributed by atoms with van der Waals surface area (Å²) >= 11 is 0. The molecule has 1 atom stereocenters. The average molecular weight is 392 g/mol. The second-order valence-corrected chi connectivity index (χ2v) is 6.72. The molecule has 0 radical (unpaired) electrons. The molecular formula is C18H22ClN5O3. The van der Waals surface area contributed by atoms with Gasteiger partial charge < -0.3 is 15.1 Å². The van der Waals surface area contributed by atoms with Crippen LogP contribution in [0, 0.1) is 0 Å². The number of carbonyl (C=O) groups excluding carboxylic acids is 2. The fourth-order valence-corrected chi connectivity index (χ4v) is 3.74. The van der Waals surface area contributed by atoms with E-state index in [1.165, 1.54) is 10.6 Å². The molecule has 144 valence electrons. The minimum Gasteiger partial charge on any atom is -0.336 e. The highest BCUT2D eigenvalue weighted by Gasteiger charge is 2.32. The van der Waals surface area contributed by atoms with Crippen LogP contribution in [0.2, 0.25) is 0 Å². The molecule has 2 fully saturated rings. The fraction of sp³-hybridized carbons (Fsp3) is 0.444. The van der Waals surface area contributed by atoms with Gasteiger partial charge in [0.15, 0.2) is 0 Å². The SMILES string of the molecule is Cl.O=C(c1cnc2ccccn2c1=O)N1CCCC(N2CCNCC2=O)C1. The van der Waals surface area contributed by atoms with E-state index < -0.39 is 0 Å². The van der Waals surface area contributed by atoms with E-state index in [0.29, 0.717) is 31.8 Å². The van der Waals surface area contributed by atoms with Crippen LogP contribution in [0.4, 0.5) is 0 Å². The standard InChI is InChI=1S/C18H21N5O3.ClH/c24-16-11-19-6-9-22(16)13-4-3-7-21(12-13)17(25)14-10-20-15-5-1-2-8-23(15)18(14)26;/h1-2,5,8,10,13,19H,3-4,6-7,9,11-12H2;1H. The van der Waals surface area contributed by atoms with Crippen molar-refractivity contribution < 1.29 is 9.59 Å². The number of piperidine rings is 1. The van der Waals surface area contributed by atoms with Gasteiger partial charge in [-0.25, -0.2) is 4.98 Å². The molecular weight excluding hydrogens is 370 g/mol. The molecule has 2 aromatic rings. The molecule has 2 aliphatic heterocycles. The van der Waals surface area contributed by atoms with Crippen molar-refractivity contribution in [3.8, 4) is 0 Å². The Balaban J connectivity index is 0.00000210. The number of pyridine rings is 1. The van der Waals surface area contributed by atoms with Crippen LogP contribution < -0.4 is 10.9 Å². The Morgan fingerprint density at radius 3 is 2.89 bits per heavy atom. The van der Waals surface area contributed by atoms with Gasteiger partial charge in [0.25, 0.3) is 11.5 Å². The van der Waals surface area contributed by atoms with Gasteiger partial charge in [-0.2, -0.15) is 0 Å². The third kappa shape index (κ3) is 3.68. The van der Waals surface area contributed by atoms with Crippen LogP contribution in [0.3, 0.4) is 0 Å². The van der Waals surface area contributed by atoms with E-state index in [1.807, 2.05) is 4.90 Å². The van der Waals surface area contributed by atoms with Gasteiger partial charge in [0.2, 0.25) is 5.91 Å². The Hall–Kier alpha value is -2.45. The minimum absolute atomic E-state index is 0. The number of fused-ring (bicyclic) bond motifs is 1. The quantitative estimate of drug-likeness (QED) is 0.787. The molecule has 2 amide bonds. The van der Waals surface area contributed by atoms with Gasteiger partial charge in [0.1, 0.15) is 11.2 Å². The van der Waals surface area contributed by atoms with Crippen molar-refractivity contribution in [3.63, 3.8) is 0 Å². The first-order valence-electron chi connectivity index (χ1n) is 8.91. The lowest BCUT2D eigenvalue weighted by Gasteiger charge is -2.41. The summed E-state index contributed by atoms with van der Waals surface area (Å²) in [6.07, 6.45) is 4.67. The zero-order valence-electron chi connectivity index (χ0n) is 14.8. The van der Waals surface area contributed by atoms with Crippen molar-refractivity contribution in [1.29, 1.82) is 0 Å². The predicted octanol–water partition coefficient (Wildman–Crippen LogP) is 0.153. The Morgan fingerprint density at radius 2 is 2.07 bits per heavy atom. The molecule has 0 aliphatic carbocycles. The largest absolute Gasteiger partial charge is 0.336 e. The molecule has 2 aromatic heterocycles. The minimum atomic E-state index is -0.360. The number of hydrogen-bond acceptors (Lipinski definition) is 5. The van der Waals surface area contributed by atoms with Crippen LogP contribution in [0.15, 0.2) is 35.4 Å². The van der Waals surface area contributed by atoms with Crippen LogP contribution in [0.1, 0.15) is 23.2 Å². The first-order valence-corrected chi connectivity index (χ1v) is 8.91. The van der Waals surface area contributed by atoms with Gasteiger partial charge in [0, 0.05) is 44.6 Å². The molecule has 9 heteroatoms. The maximum Gasteiger partial charge on any atom is 0.270 e. The van der Waals surface area contributed by atoms with Gasteiger partial charge in [0.05, 0.1) is 6.54 Å². The van der Waals surface area contributed by atoms with Gasteiger partial charge >= 0.3 is 0 Å². The smallest absolute Gasteiger partial charge is 0.270 e. The van der Waals surface area contributed by atoms with Crippen molar-refractivity contribution in [3.05, 3.63) is 46.5 Å². The summed E-state index contributed by atoms with van der Waals surface area (Å²) in [5, 5.41) is 3.06. The Morgan fingerprint density at radius 1 is 1.22 bits per heavy atom. The van der Waals surface area contributed by atoms with Crippen molar-refractivity contribution in [2.75, 3.05) is 32.7 Å². The zero-order chi connectivity index (χ0) is 18.1. The summed E-state index contributed by atoms with van der Waals surface area (Å²) in [4.78, 5) is 45.5. The highest BCUT2D eigenvalue weighted by molar-refractivity contribution is 5.94. The highest BCUT2D eigenvalue weighted by Crippen LogP contribution is 2.18. The number of hydrogen-bond donors (Lipinski definition) is 1. The molecule has 8 nitrogen and oxygen atoms in total. The van der Waals surface area contributed by atoms with Gasteiger partial charge in [-0.1, -0.05) is 6.07 Å². The molecule has 2 aliphatic rings. The summed E-state index contributed by atoms with van der Waals surface area (Å²) in [6, 6.07) is 5.27. The van der Waals surface area contributed by atoms with E-state index >= 15 is 0 Å². The second kappa shape index (κ2) is 8.06. The van der Waals surface area contributed by atoms with Gasteiger partial charge in [-0.05, 0) is 25.0 Å². The topological polar surface area (TPSA) is 87.0 Å². The molecule has 0 saturated carbocycles. The fourth-order valence-electron chi connectivity index (χ4n) is 3.74. The number of amides is 2. The molecule has 4 rings (SSSR count). The van der Waals surface area contributed by atoms with Crippen molar-refractivity contribution in [2.45, 2.75) is 18.9 Å². The van der Waals surface area contributed by atoms with Crippen LogP contribution in [0.25, 0.3) is 5.65 Å². The number of piperazine rings is 1. The molecule has 1 N–H and O–H groups in total. The molecule has 4 heterocycles. The number of carbonyl (C=O) groups is 2. The van der Waals surface area contributed by atoms with E-state index in [2.05, 4.69) is 10.3 Å². The number of aromatic nitrogens is 2. The van der Waals surface area contributed by atoms with E-state index in [1.54, 1.807) is 29.3 Å². The number of nitrogens with one attached hydrogen (secondary N) is 1. The third-order valence-corrected chi connectivity index (χ3v) is 5.09. The monoisotopic (exact) mass is 391 g/mol. The summed E-state index contributed by atoms with van der Waals surface area (Å²) < 4.78 is 1.38. The maximum atomic E-state index is 12.9. The van der Waals surface area contributed by atoms with Crippen LogP contribution in [-0.2, 0) is 4.79 Å². The van der Waals surface area contributed by atoms with Crippen LogP contribution in [0.5, 0.6) is 0 Å². The summed E-state index contributed by atoms with van der Waals surface area (Å²) in [5.41, 5.74) is 0.221. The van der Waals surface area contributed by atoms with Gasteiger partial charge in [-0.15, -0.1) is 12.4 Å². The normalized spacial score (nSPS) is 20.4. The molecule has 0 spiro atoms. The Labute approximate surface area is 162 Å². The first-order chi connectivity index (χ1) is 12.6. The van der Waals surface area contributed by atoms with E-state index in [-0.39, 0.29) is 41.4 Å². The number of likely N-dealkylation sites (tertiary alicyclic amines) is 1. The maximum absolute atomic E-state index is 12.9. The third-order valence-electron chi connectivity index (χ3n) is 5.09. The zero-order valence-corrected chi connectivity index (χ0v) is 15.7. The Bertz CT molecular complexity index is 915. The van der Waals surface area contributed by atoms with E-state index in [9.17, 15) is 14.4 Å². The van der Waals surface area contributed by atoms with E-state index in [0.717, 1.165) is 19.4 Å². The number of rotatable bonds is 2. The highest BCUT2D eigenvalue weighted by atomic mass is 35.5. The molecule has 0 aromatic carbocycles. The lowest BCUT2D eigenvalue weighted by Crippen LogP contribution is -2.57. The summed E-state index contributed by atoms with van der Waals surface area (Å²) in [6.45, 7) is 2.83. The predicted molar refractivity (Wildman–Crippen MR) is 102 cm³/mol. The lowest BCUT2D eigenvalue weighted by molar-refractivity contribution is -0.135. The van der Waals surface area contributed by atoms with Crippen LogP contribution in [-0.4, -0.2) is 69.8 Å². The van der Waals surface area contributed by atoms with Crippen molar-refractivity contribution in [2.24, 2.45) is 0 Å². The molecule has 0 bridgehead atoms. The van der Waals surface area contributed by atoms with Crippen LogP contribution >= 0.6 is 12.4 Å². The number of halogens is 1. The molecule has 27 heavy (non-hydrogen) atoms. The van der Waals surface area contributed by atoms with Gasteiger partial charge in [-0.3, -0.25) is 18.8 Å². The van der Waals surface area contributed by atoms with E-state index in [4.69, 9.17) is 0 Å². The number of nitrogens with zero attached hydrogens (tertiary/aromatic N) is 4. The second-order valence-electron chi connectivity index (χ2n) is 6.72. The molecule has 2 saturated heterocycles. The lowest BCUT2D eigenvalue weighted by atomic mass is 10.0. The average Bonchev–Trinajstić information content (AvgIpc) is 2.68.